The lowest BCUT2D eigenvalue weighted by Crippen LogP contribution is -2.07. The second-order valence-corrected chi connectivity index (χ2v) is 4.14. The van der Waals surface area contributed by atoms with Crippen LogP contribution in [0, 0.1) is 5.92 Å². The number of hydrogen-bond donors (Lipinski definition) is 1. The van der Waals surface area contributed by atoms with E-state index in [-0.39, 0.29) is 6.10 Å². The van der Waals surface area contributed by atoms with Gasteiger partial charge in [0.1, 0.15) is 0 Å². The van der Waals surface area contributed by atoms with Crippen LogP contribution in [0.25, 0.3) is 0 Å². The van der Waals surface area contributed by atoms with Crippen LogP contribution in [-0.4, -0.2) is 11.2 Å². The molecule has 0 radical (unpaired) electrons. The van der Waals surface area contributed by atoms with Gasteiger partial charge in [0.15, 0.2) is 0 Å². The van der Waals surface area contributed by atoms with Crippen molar-refractivity contribution in [2.24, 2.45) is 5.92 Å². The Balaban J connectivity index is 2.34. The summed E-state index contributed by atoms with van der Waals surface area (Å²) in [5.74, 6) is 0.731. The summed E-state index contributed by atoms with van der Waals surface area (Å²) in [7, 11) is 0. The number of allylic oxidation sites excluding steroid dienone is 1. The Morgan fingerprint density at radius 3 is 2.77 bits per heavy atom. The molecule has 0 amide bonds. The predicted octanol–water partition coefficient (Wildman–Crippen LogP) is 3.28. The Labute approximate surface area is 81.9 Å². The average molecular weight is 182 g/mol. The first-order chi connectivity index (χ1) is 6.33. The average Bonchev–Trinajstić information content (AvgIpc) is 2.11. The van der Waals surface area contributed by atoms with Crippen molar-refractivity contribution < 1.29 is 5.11 Å². The molecule has 0 spiro atoms. The molecule has 76 valence electrons. The molecule has 0 aliphatic heterocycles. The molecule has 1 N–H and O–H groups in total. The van der Waals surface area contributed by atoms with Crippen molar-refractivity contribution in [3.63, 3.8) is 0 Å². The number of rotatable bonds is 3. The summed E-state index contributed by atoms with van der Waals surface area (Å²) >= 11 is 0. The molecule has 1 rings (SSSR count). The van der Waals surface area contributed by atoms with Crippen LogP contribution in [0.1, 0.15) is 51.9 Å². The highest BCUT2D eigenvalue weighted by molar-refractivity contribution is 4.94. The first kappa shape index (κ1) is 10.8. The lowest BCUT2D eigenvalue weighted by Gasteiger charge is -2.16. The monoisotopic (exact) mass is 182 g/mol. The van der Waals surface area contributed by atoms with Crippen LogP contribution < -0.4 is 0 Å². The topological polar surface area (TPSA) is 20.2 Å². The quantitative estimate of drug-likeness (QED) is 0.664. The molecule has 0 heterocycles. The van der Waals surface area contributed by atoms with Gasteiger partial charge in [0, 0.05) is 0 Å². The zero-order valence-electron chi connectivity index (χ0n) is 8.71. The maximum atomic E-state index is 9.47. The smallest absolute Gasteiger partial charge is 0.0721 e. The van der Waals surface area contributed by atoms with Crippen molar-refractivity contribution in [1.82, 2.24) is 0 Å². The minimum Gasteiger partial charge on any atom is -0.389 e. The highest BCUT2D eigenvalue weighted by Crippen LogP contribution is 2.21. The predicted molar refractivity (Wildman–Crippen MR) is 56.6 cm³/mol. The van der Waals surface area contributed by atoms with Gasteiger partial charge in [0.2, 0.25) is 0 Å². The van der Waals surface area contributed by atoms with E-state index in [0.29, 0.717) is 0 Å². The van der Waals surface area contributed by atoms with E-state index in [1.54, 1.807) is 0 Å². The first-order valence-corrected chi connectivity index (χ1v) is 5.69. The van der Waals surface area contributed by atoms with Gasteiger partial charge in [-0.25, -0.2) is 0 Å². The fourth-order valence-electron chi connectivity index (χ4n) is 1.94. The third kappa shape index (κ3) is 4.47. The van der Waals surface area contributed by atoms with Crippen LogP contribution in [0.3, 0.4) is 0 Å². The van der Waals surface area contributed by atoms with Gasteiger partial charge in [0.25, 0.3) is 0 Å². The molecule has 0 aromatic rings. The van der Waals surface area contributed by atoms with Crippen molar-refractivity contribution in [3.05, 3.63) is 12.2 Å². The van der Waals surface area contributed by atoms with Gasteiger partial charge in [-0.1, -0.05) is 44.8 Å². The Hall–Kier alpha value is -0.300. The molecular weight excluding hydrogens is 160 g/mol. The van der Waals surface area contributed by atoms with Gasteiger partial charge >= 0.3 is 0 Å². The van der Waals surface area contributed by atoms with E-state index < -0.39 is 0 Å². The molecule has 0 saturated carbocycles. The van der Waals surface area contributed by atoms with Crippen molar-refractivity contribution in [3.8, 4) is 0 Å². The van der Waals surface area contributed by atoms with Crippen LogP contribution in [0.4, 0.5) is 0 Å². The van der Waals surface area contributed by atoms with Gasteiger partial charge in [-0.05, 0) is 25.2 Å². The summed E-state index contributed by atoms with van der Waals surface area (Å²) in [4.78, 5) is 0. The maximum absolute atomic E-state index is 9.47. The maximum Gasteiger partial charge on any atom is 0.0721 e. The summed E-state index contributed by atoms with van der Waals surface area (Å²) in [6.45, 7) is 2.24. The Morgan fingerprint density at radius 1 is 1.23 bits per heavy atom. The summed E-state index contributed by atoms with van der Waals surface area (Å²) < 4.78 is 0. The third-order valence-electron chi connectivity index (χ3n) is 2.86. The van der Waals surface area contributed by atoms with Crippen LogP contribution >= 0.6 is 0 Å². The van der Waals surface area contributed by atoms with Crippen molar-refractivity contribution in [2.45, 2.75) is 58.0 Å². The fraction of sp³-hybridized carbons (Fsp3) is 0.833. The van der Waals surface area contributed by atoms with E-state index in [2.05, 4.69) is 13.0 Å². The first-order valence-electron chi connectivity index (χ1n) is 5.69. The normalized spacial score (nSPS) is 29.7. The minimum atomic E-state index is -0.176. The number of aliphatic hydroxyl groups is 1. The molecule has 2 atom stereocenters. The SMILES string of the molecule is CCCC[C@@H]1C=C[C@@H](O)CCCC1. The van der Waals surface area contributed by atoms with Gasteiger partial charge in [-0.3, -0.25) is 0 Å². The molecule has 0 fully saturated rings. The summed E-state index contributed by atoms with van der Waals surface area (Å²) in [5.41, 5.74) is 0. The van der Waals surface area contributed by atoms with Gasteiger partial charge in [0.05, 0.1) is 6.10 Å². The van der Waals surface area contributed by atoms with Gasteiger partial charge < -0.3 is 5.11 Å². The second kappa shape index (κ2) is 6.20. The Morgan fingerprint density at radius 2 is 2.00 bits per heavy atom. The second-order valence-electron chi connectivity index (χ2n) is 4.14. The molecule has 0 aromatic carbocycles. The molecule has 1 nitrogen and oxygen atoms in total. The summed E-state index contributed by atoms with van der Waals surface area (Å²) in [6.07, 6.45) is 12.7. The molecule has 0 saturated heterocycles. The Bertz CT molecular complexity index is 151. The molecular formula is C12H22O. The largest absolute Gasteiger partial charge is 0.389 e. The number of hydrogen-bond acceptors (Lipinski definition) is 1. The van der Waals surface area contributed by atoms with Crippen LogP contribution in [0.2, 0.25) is 0 Å². The van der Waals surface area contributed by atoms with Crippen LogP contribution in [0.5, 0.6) is 0 Å². The molecule has 0 aromatic heterocycles. The zero-order chi connectivity index (χ0) is 9.52. The Kier molecular flexibility index (Phi) is 5.14. The van der Waals surface area contributed by atoms with E-state index in [4.69, 9.17) is 0 Å². The third-order valence-corrected chi connectivity index (χ3v) is 2.86. The van der Waals surface area contributed by atoms with E-state index in [1.807, 2.05) is 6.08 Å². The van der Waals surface area contributed by atoms with E-state index in [1.165, 1.54) is 38.5 Å². The summed E-state index contributed by atoms with van der Waals surface area (Å²) in [5, 5.41) is 9.47. The van der Waals surface area contributed by atoms with Crippen molar-refractivity contribution in [2.75, 3.05) is 0 Å². The highest BCUT2D eigenvalue weighted by atomic mass is 16.3. The molecule has 13 heavy (non-hydrogen) atoms. The van der Waals surface area contributed by atoms with E-state index in [9.17, 15) is 5.11 Å². The molecule has 1 heteroatoms. The standard InChI is InChI=1S/C12H22O/c1-2-3-6-11-7-4-5-8-12(13)10-9-11/h9-13H,2-8H2,1H3/t11-,12-/m0/s1. The van der Waals surface area contributed by atoms with Crippen molar-refractivity contribution in [1.29, 1.82) is 0 Å². The fourth-order valence-corrected chi connectivity index (χ4v) is 1.94. The number of aliphatic hydroxyl groups excluding tert-OH is 1. The zero-order valence-corrected chi connectivity index (χ0v) is 8.71. The summed E-state index contributed by atoms with van der Waals surface area (Å²) in [6, 6.07) is 0. The lowest BCUT2D eigenvalue weighted by molar-refractivity contribution is 0.203. The molecule has 0 bridgehead atoms. The lowest BCUT2D eigenvalue weighted by atomic mass is 9.92. The van der Waals surface area contributed by atoms with Gasteiger partial charge in [-0.15, -0.1) is 0 Å². The van der Waals surface area contributed by atoms with Crippen LogP contribution in [-0.2, 0) is 0 Å². The van der Waals surface area contributed by atoms with E-state index in [0.717, 1.165) is 12.3 Å². The van der Waals surface area contributed by atoms with Gasteiger partial charge in [-0.2, -0.15) is 0 Å². The number of unbranched alkanes of at least 4 members (excludes halogenated alkanes) is 1. The molecule has 0 unspecified atom stereocenters. The van der Waals surface area contributed by atoms with Crippen molar-refractivity contribution >= 4 is 0 Å². The highest BCUT2D eigenvalue weighted by Gasteiger charge is 2.09. The van der Waals surface area contributed by atoms with Crippen LogP contribution in [0.15, 0.2) is 12.2 Å². The molecule has 1 aliphatic carbocycles. The molecule has 1 aliphatic rings. The minimum absolute atomic E-state index is 0.176. The van der Waals surface area contributed by atoms with E-state index >= 15 is 0 Å².